The monoisotopic (exact) mass is 397 g/mol. The lowest BCUT2D eigenvalue weighted by Crippen LogP contribution is -2.05. The zero-order chi connectivity index (χ0) is 20.6. The SMILES string of the molecule is Cc1ccc(CNc2cnnc(Nc3ccc(OCc4ccccc4)cc3)n2)cc1. The minimum Gasteiger partial charge on any atom is -0.489 e. The van der Waals surface area contributed by atoms with Crippen LogP contribution in [0.5, 0.6) is 5.75 Å². The highest BCUT2D eigenvalue weighted by Gasteiger charge is 2.03. The molecule has 0 fully saturated rings. The van der Waals surface area contributed by atoms with Crippen molar-refractivity contribution in [3.05, 3.63) is 102 Å². The molecule has 0 saturated heterocycles. The largest absolute Gasteiger partial charge is 0.489 e. The van der Waals surface area contributed by atoms with Crippen LogP contribution in [0.25, 0.3) is 0 Å². The third-order valence-electron chi connectivity index (χ3n) is 4.51. The lowest BCUT2D eigenvalue weighted by Gasteiger charge is -2.09. The molecule has 4 rings (SSSR count). The zero-order valence-corrected chi connectivity index (χ0v) is 16.7. The maximum Gasteiger partial charge on any atom is 0.249 e. The summed E-state index contributed by atoms with van der Waals surface area (Å²) in [6.07, 6.45) is 1.61. The maximum absolute atomic E-state index is 5.82. The Morgan fingerprint density at radius 2 is 1.60 bits per heavy atom. The zero-order valence-electron chi connectivity index (χ0n) is 16.7. The van der Waals surface area contributed by atoms with Crippen LogP contribution in [0.4, 0.5) is 17.5 Å². The second-order valence-electron chi connectivity index (χ2n) is 6.93. The molecule has 0 aliphatic carbocycles. The van der Waals surface area contributed by atoms with Crippen LogP contribution < -0.4 is 15.4 Å². The number of anilines is 3. The summed E-state index contributed by atoms with van der Waals surface area (Å²) < 4.78 is 5.82. The van der Waals surface area contributed by atoms with Gasteiger partial charge < -0.3 is 15.4 Å². The van der Waals surface area contributed by atoms with Crippen LogP contribution in [0.3, 0.4) is 0 Å². The molecule has 0 aliphatic heterocycles. The van der Waals surface area contributed by atoms with Crippen molar-refractivity contribution in [1.82, 2.24) is 15.2 Å². The summed E-state index contributed by atoms with van der Waals surface area (Å²) in [6.45, 7) is 3.28. The first-order chi connectivity index (χ1) is 14.7. The van der Waals surface area contributed by atoms with Gasteiger partial charge in [-0.15, -0.1) is 5.10 Å². The molecule has 0 radical (unpaired) electrons. The van der Waals surface area contributed by atoms with Crippen LogP contribution in [0, 0.1) is 6.92 Å². The Bertz CT molecular complexity index is 1070. The van der Waals surface area contributed by atoms with Crippen molar-refractivity contribution in [2.75, 3.05) is 10.6 Å². The van der Waals surface area contributed by atoms with E-state index in [9.17, 15) is 0 Å². The van der Waals surface area contributed by atoms with Crippen molar-refractivity contribution >= 4 is 17.5 Å². The first-order valence-electron chi connectivity index (χ1n) is 9.77. The Morgan fingerprint density at radius 3 is 2.37 bits per heavy atom. The van der Waals surface area contributed by atoms with E-state index in [0.717, 1.165) is 17.0 Å². The van der Waals surface area contributed by atoms with E-state index in [0.29, 0.717) is 24.9 Å². The van der Waals surface area contributed by atoms with Gasteiger partial charge in [-0.2, -0.15) is 10.1 Å². The third-order valence-corrected chi connectivity index (χ3v) is 4.51. The van der Waals surface area contributed by atoms with E-state index in [4.69, 9.17) is 4.74 Å². The van der Waals surface area contributed by atoms with Crippen molar-refractivity contribution in [3.63, 3.8) is 0 Å². The summed E-state index contributed by atoms with van der Waals surface area (Å²) in [7, 11) is 0. The van der Waals surface area contributed by atoms with Gasteiger partial charge in [-0.3, -0.25) is 0 Å². The highest BCUT2D eigenvalue weighted by atomic mass is 16.5. The Balaban J connectivity index is 1.32. The van der Waals surface area contributed by atoms with Crippen molar-refractivity contribution < 1.29 is 4.74 Å². The molecule has 3 aromatic carbocycles. The van der Waals surface area contributed by atoms with Gasteiger partial charge in [0.05, 0.1) is 6.20 Å². The molecular formula is C24H23N5O. The molecule has 1 heterocycles. The fourth-order valence-corrected chi connectivity index (χ4v) is 2.84. The van der Waals surface area contributed by atoms with Crippen molar-refractivity contribution in [3.8, 4) is 5.75 Å². The molecule has 30 heavy (non-hydrogen) atoms. The Hall–Kier alpha value is -3.93. The molecule has 4 aromatic rings. The van der Waals surface area contributed by atoms with Crippen LogP contribution in [-0.2, 0) is 13.2 Å². The van der Waals surface area contributed by atoms with Gasteiger partial charge in [-0.25, -0.2) is 0 Å². The molecule has 0 unspecified atom stereocenters. The molecular weight excluding hydrogens is 374 g/mol. The number of benzene rings is 3. The van der Waals surface area contributed by atoms with E-state index in [-0.39, 0.29) is 0 Å². The number of hydrogen-bond acceptors (Lipinski definition) is 6. The quantitative estimate of drug-likeness (QED) is 0.430. The molecule has 6 heteroatoms. The van der Waals surface area contributed by atoms with Crippen molar-refractivity contribution in [2.24, 2.45) is 0 Å². The van der Waals surface area contributed by atoms with Crippen LogP contribution in [-0.4, -0.2) is 15.2 Å². The third kappa shape index (κ3) is 5.54. The molecule has 0 atom stereocenters. The normalized spacial score (nSPS) is 10.4. The van der Waals surface area contributed by atoms with Crippen LogP contribution >= 0.6 is 0 Å². The standard InChI is InChI=1S/C24H23N5O/c1-18-7-9-19(10-8-18)15-25-23-16-26-29-24(28-23)27-21-11-13-22(14-12-21)30-17-20-5-3-2-4-6-20/h2-14,16H,15,17H2,1H3,(H2,25,27,28,29). The summed E-state index contributed by atoms with van der Waals surface area (Å²) in [4.78, 5) is 4.47. The lowest BCUT2D eigenvalue weighted by molar-refractivity contribution is 0.306. The van der Waals surface area contributed by atoms with Crippen LogP contribution in [0.15, 0.2) is 85.1 Å². The van der Waals surface area contributed by atoms with Gasteiger partial charge in [0.15, 0.2) is 5.82 Å². The van der Waals surface area contributed by atoms with Gasteiger partial charge in [0.2, 0.25) is 5.95 Å². The van der Waals surface area contributed by atoms with E-state index in [1.54, 1.807) is 6.20 Å². The lowest BCUT2D eigenvalue weighted by atomic mass is 10.1. The number of nitrogens with zero attached hydrogens (tertiary/aromatic N) is 3. The Kier molecular flexibility index (Phi) is 6.15. The minimum absolute atomic E-state index is 0.432. The average Bonchev–Trinajstić information content (AvgIpc) is 2.79. The molecule has 150 valence electrons. The number of rotatable bonds is 8. The molecule has 6 nitrogen and oxygen atoms in total. The molecule has 0 aliphatic rings. The number of aryl methyl sites for hydroxylation is 1. The Labute approximate surface area is 176 Å². The molecule has 0 saturated carbocycles. The van der Waals surface area contributed by atoms with E-state index in [2.05, 4.69) is 57.0 Å². The van der Waals surface area contributed by atoms with Gasteiger partial charge in [0, 0.05) is 12.2 Å². The summed E-state index contributed by atoms with van der Waals surface area (Å²) in [6, 6.07) is 26.1. The fraction of sp³-hybridized carbons (Fsp3) is 0.125. The number of ether oxygens (including phenoxy) is 1. The van der Waals surface area contributed by atoms with Gasteiger partial charge in [0.25, 0.3) is 0 Å². The minimum atomic E-state index is 0.432. The van der Waals surface area contributed by atoms with Crippen LogP contribution in [0.2, 0.25) is 0 Å². The maximum atomic E-state index is 5.82. The van der Waals surface area contributed by atoms with Crippen LogP contribution in [0.1, 0.15) is 16.7 Å². The van der Waals surface area contributed by atoms with Crippen molar-refractivity contribution in [1.29, 1.82) is 0 Å². The first kappa shape index (κ1) is 19.4. The molecule has 0 amide bonds. The summed E-state index contributed by atoms with van der Waals surface area (Å²) in [5, 5.41) is 14.5. The summed E-state index contributed by atoms with van der Waals surface area (Å²) >= 11 is 0. The number of hydrogen-bond donors (Lipinski definition) is 2. The second-order valence-corrected chi connectivity index (χ2v) is 6.93. The van der Waals surface area contributed by atoms with E-state index in [1.165, 1.54) is 11.1 Å². The van der Waals surface area contributed by atoms with Gasteiger partial charge in [0.1, 0.15) is 12.4 Å². The summed E-state index contributed by atoms with van der Waals surface area (Å²) in [5.74, 6) is 1.90. The fourth-order valence-electron chi connectivity index (χ4n) is 2.84. The van der Waals surface area contributed by atoms with E-state index < -0.39 is 0 Å². The predicted molar refractivity (Wildman–Crippen MR) is 119 cm³/mol. The highest BCUT2D eigenvalue weighted by Crippen LogP contribution is 2.19. The predicted octanol–water partition coefficient (Wildman–Crippen LogP) is 5.11. The van der Waals surface area contributed by atoms with Gasteiger partial charge >= 0.3 is 0 Å². The number of nitrogens with one attached hydrogen (secondary N) is 2. The van der Waals surface area contributed by atoms with E-state index in [1.807, 2.05) is 54.6 Å². The summed E-state index contributed by atoms with van der Waals surface area (Å²) in [5.41, 5.74) is 4.42. The van der Waals surface area contributed by atoms with Gasteiger partial charge in [-0.05, 0) is 42.3 Å². The second kappa shape index (κ2) is 9.52. The topological polar surface area (TPSA) is 72.0 Å². The highest BCUT2D eigenvalue weighted by molar-refractivity contribution is 5.55. The van der Waals surface area contributed by atoms with Gasteiger partial charge in [-0.1, -0.05) is 60.2 Å². The smallest absolute Gasteiger partial charge is 0.249 e. The molecule has 2 N–H and O–H groups in total. The Morgan fingerprint density at radius 1 is 0.833 bits per heavy atom. The van der Waals surface area contributed by atoms with Crippen molar-refractivity contribution in [2.45, 2.75) is 20.1 Å². The molecule has 0 spiro atoms. The molecule has 0 bridgehead atoms. The number of aromatic nitrogens is 3. The first-order valence-corrected chi connectivity index (χ1v) is 9.77. The molecule has 1 aromatic heterocycles. The van der Waals surface area contributed by atoms with E-state index >= 15 is 0 Å². The average molecular weight is 397 g/mol.